The zero-order chi connectivity index (χ0) is 18.0. The van der Waals surface area contributed by atoms with Crippen molar-refractivity contribution >= 4 is 11.8 Å². The molecule has 2 saturated heterocycles. The number of pyridine rings is 1. The Kier molecular flexibility index (Phi) is 4.70. The van der Waals surface area contributed by atoms with Crippen LogP contribution in [0.1, 0.15) is 30.9 Å². The normalized spacial score (nSPS) is 30.6. The minimum atomic E-state index is -0.673. The van der Waals surface area contributed by atoms with Crippen molar-refractivity contribution in [2.75, 3.05) is 19.8 Å². The summed E-state index contributed by atoms with van der Waals surface area (Å²) >= 11 is 0. The first kappa shape index (κ1) is 17.1. The summed E-state index contributed by atoms with van der Waals surface area (Å²) in [7, 11) is 0. The largest absolute Gasteiger partial charge is 0.296 e. The molecule has 2 N–H and O–H groups in total. The number of amides is 2. The van der Waals surface area contributed by atoms with E-state index in [1.807, 2.05) is 36.6 Å². The third-order valence-corrected chi connectivity index (χ3v) is 5.71. The molecule has 0 radical (unpaired) electrons. The van der Waals surface area contributed by atoms with Crippen molar-refractivity contribution in [3.63, 3.8) is 0 Å². The van der Waals surface area contributed by atoms with Crippen LogP contribution in [0.25, 0.3) is 0 Å². The van der Waals surface area contributed by atoms with E-state index in [2.05, 4.69) is 26.6 Å². The van der Waals surface area contributed by atoms with Gasteiger partial charge in [0.05, 0.1) is 11.3 Å². The maximum atomic E-state index is 12.3. The topological polar surface area (TPSA) is 74.3 Å². The first-order chi connectivity index (χ1) is 12.7. The Morgan fingerprint density at radius 2 is 2.19 bits per heavy atom. The molecule has 6 heteroatoms. The molecule has 4 rings (SSSR count). The number of hydrogen-bond donors (Lipinski definition) is 2. The van der Waals surface area contributed by atoms with E-state index in [1.165, 1.54) is 5.56 Å². The van der Waals surface area contributed by atoms with Gasteiger partial charge in [0.2, 0.25) is 11.8 Å². The van der Waals surface area contributed by atoms with E-state index in [0.717, 1.165) is 32.6 Å². The van der Waals surface area contributed by atoms with Crippen LogP contribution in [0.2, 0.25) is 0 Å². The van der Waals surface area contributed by atoms with Gasteiger partial charge in [0.15, 0.2) is 0 Å². The van der Waals surface area contributed by atoms with Crippen molar-refractivity contribution in [2.24, 2.45) is 11.3 Å². The number of aromatic nitrogens is 1. The monoisotopic (exact) mass is 352 g/mol. The number of carbonyl (C=O) groups excluding carboxylic acids is 2. The predicted octanol–water partition coefficient (Wildman–Crippen LogP) is 1.54. The highest BCUT2D eigenvalue weighted by Gasteiger charge is 2.52. The highest BCUT2D eigenvalue weighted by atomic mass is 16.2. The van der Waals surface area contributed by atoms with E-state index in [1.54, 1.807) is 6.20 Å². The summed E-state index contributed by atoms with van der Waals surface area (Å²) in [6.07, 6.45) is 13.9. The van der Waals surface area contributed by atoms with E-state index in [0.29, 0.717) is 12.5 Å². The summed E-state index contributed by atoms with van der Waals surface area (Å²) in [5.41, 5.74) is 0.546. The Labute approximate surface area is 153 Å². The number of imide groups is 1. The van der Waals surface area contributed by atoms with Crippen molar-refractivity contribution in [2.45, 2.75) is 25.3 Å². The molecule has 0 bridgehead atoms. The van der Waals surface area contributed by atoms with Gasteiger partial charge in [0, 0.05) is 31.6 Å². The number of carbonyl (C=O) groups is 2. The number of allylic oxidation sites excluding steroid dienone is 2. The fraction of sp³-hybridized carbons (Fsp3) is 0.450. The molecule has 3 aliphatic rings. The summed E-state index contributed by atoms with van der Waals surface area (Å²) in [5, 5.41) is 6.02. The third-order valence-electron chi connectivity index (χ3n) is 5.71. The molecule has 1 aromatic rings. The number of fused-ring (bicyclic) bond motifs is 1. The Bertz CT molecular complexity index is 745. The van der Waals surface area contributed by atoms with Crippen LogP contribution < -0.4 is 10.6 Å². The predicted molar refractivity (Wildman–Crippen MR) is 97.8 cm³/mol. The Morgan fingerprint density at radius 3 is 3.04 bits per heavy atom. The average Bonchev–Trinajstić information content (AvgIpc) is 3.24. The van der Waals surface area contributed by atoms with Crippen LogP contribution in [0.3, 0.4) is 0 Å². The fourth-order valence-electron chi connectivity index (χ4n) is 4.23. The molecule has 2 fully saturated rings. The minimum absolute atomic E-state index is 0.146. The van der Waals surface area contributed by atoms with E-state index in [9.17, 15) is 9.59 Å². The molecule has 0 spiro atoms. The summed E-state index contributed by atoms with van der Waals surface area (Å²) in [5.74, 6) is -0.658. The lowest BCUT2D eigenvalue weighted by atomic mass is 9.71. The molecule has 3 heterocycles. The summed E-state index contributed by atoms with van der Waals surface area (Å²) in [6, 6.07) is 4.40. The van der Waals surface area contributed by atoms with Crippen molar-refractivity contribution in [1.82, 2.24) is 20.5 Å². The summed E-state index contributed by atoms with van der Waals surface area (Å²) < 4.78 is 0. The fourth-order valence-corrected chi connectivity index (χ4v) is 4.23. The quantitative estimate of drug-likeness (QED) is 0.600. The molecule has 2 aliphatic heterocycles. The van der Waals surface area contributed by atoms with Gasteiger partial charge in [-0.15, -0.1) is 0 Å². The van der Waals surface area contributed by atoms with E-state index in [-0.39, 0.29) is 17.7 Å². The lowest BCUT2D eigenvalue weighted by molar-refractivity contribution is -0.127. The molecule has 6 nitrogen and oxygen atoms in total. The molecule has 136 valence electrons. The first-order valence-corrected chi connectivity index (χ1v) is 9.26. The zero-order valence-electron chi connectivity index (χ0n) is 14.7. The number of hydrogen-bond acceptors (Lipinski definition) is 5. The van der Waals surface area contributed by atoms with Gasteiger partial charge < -0.3 is 0 Å². The maximum absolute atomic E-state index is 12.3. The standard InChI is InChI=1S/C20H24N4O2/c25-18-16-7-1-2-8-20(16,19(26)23-18)9-3-4-11-24-13-17(22-14-24)15-6-5-10-21-12-15/h1-2,5-8,10,12,16-17,22H,3-4,9,11,13-14H2,(H,23,25,26). The van der Waals surface area contributed by atoms with Crippen molar-refractivity contribution in [3.8, 4) is 0 Å². The van der Waals surface area contributed by atoms with E-state index in [4.69, 9.17) is 0 Å². The number of nitrogens with zero attached hydrogens (tertiary/aromatic N) is 2. The average molecular weight is 352 g/mol. The molecular formula is C20H24N4O2. The molecular weight excluding hydrogens is 328 g/mol. The second-order valence-corrected chi connectivity index (χ2v) is 7.32. The second kappa shape index (κ2) is 7.13. The minimum Gasteiger partial charge on any atom is -0.296 e. The molecule has 1 aromatic heterocycles. The van der Waals surface area contributed by atoms with Crippen LogP contribution in [0.5, 0.6) is 0 Å². The highest BCUT2D eigenvalue weighted by molar-refractivity contribution is 6.09. The summed E-state index contributed by atoms with van der Waals surface area (Å²) in [4.78, 5) is 30.9. The lowest BCUT2D eigenvalue weighted by Gasteiger charge is -2.28. The van der Waals surface area contributed by atoms with Gasteiger partial charge in [0.25, 0.3) is 0 Å². The Balaban J connectivity index is 1.27. The zero-order valence-corrected chi connectivity index (χ0v) is 14.7. The van der Waals surface area contributed by atoms with Gasteiger partial charge in [-0.05, 0) is 31.0 Å². The van der Waals surface area contributed by atoms with Gasteiger partial charge in [-0.25, -0.2) is 0 Å². The number of nitrogens with one attached hydrogen (secondary N) is 2. The smallest absolute Gasteiger partial charge is 0.237 e. The highest BCUT2D eigenvalue weighted by Crippen LogP contribution is 2.42. The van der Waals surface area contributed by atoms with Crippen LogP contribution in [-0.2, 0) is 9.59 Å². The lowest BCUT2D eigenvalue weighted by Crippen LogP contribution is -2.34. The molecule has 2 amide bonds. The first-order valence-electron chi connectivity index (χ1n) is 9.26. The van der Waals surface area contributed by atoms with Gasteiger partial charge in [-0.1, -0.05) is 36.8 Å². The van der Waals surface area contributed by atoms with Crippen LogP contribution >= 0.6 is 0 Å². The summed E-state index contributed by atoms with van der Waals surface area (Å²) in [6.45, 7) is 2.83. The van der Waals surface area contributed by atoms with Crippen molar-refractivity contribution in [1.29, 1.82) is 0 Å². The molecule has 26 heavy (non-hydrogen) atoms. The van der Waals surface area contributed by atoms with Gasteiger partial charge in [-0.3, -0.25) is 30.1 Å². The Hall–Kier alpha value is -2.31. The molecule has 3 unspecified atom stereocenters. The second-order valence-electron chi connectivity index (χ2n) is 7.32. The molecule has 1 aliphatic carbocycles. The van der Waals surface area contributed by atoms with Gasteiger partial charge in [-0.2, -0.15) is 0 Å². The molecule has 0 saturated carbocycles. The van der Waals surface area contributed by atoms with Crippen LogP contribution in [0.4, 0.5) is 0 Å². The van der Waals surface area contributed by atoms with Crippen LogP contribution in [-0.4, -0.2) is 41.5 Å². The van der Waals surface area contributed by atoms with Crippen molar-refractivity contribution < 1.29 is 9.59 Å². The SMILES string of the molecule is O=C1NC(=O)C2(CCCCN3CNC(c4cccnc4)C3)C=CC=CC12. The van der Waals surface area contributed by atoms with Gasteiger partial charge >= 0.3 is 0 Å². The molecule has 3 atom stereocenters. The number of unbranched alkanes of at least 4 members (excludes halogenated alkanes) is 1. The van der Waals surface area contributed by atoms with Crippen molar-refractivity contribution in [3.05, 3.63) is 54.4 Å². The van der Waals surface area contributed by atoms with E-state index >= 15 is 0 Å². The number of rotatable bonds is 6. The molecule has 0 aromatic carbocycles. The Morgan fingerprint density at radius 1 is 1.27 bits per heavy atom. The van der Waals surface area contributed by atoms with Crippen LogP contribution in [0.15, 0.2) is 48.8 Å². The van der Waals surface area contributed by atoms with Crippen LogP contribution in [0, 0.1) is 11.3 Å². The van der Waals surface area contributed by atoms with E-state index < -0.39 is 5.41 Å². The maximum Gasteiger partial charge on any atom is 0.237 e. The third kappa shape index (κ3) is 3.10. The van der Waals surface area contributed by atoms with Gasteiger partial charge in [0.1, 0.15) is 0 Å².